The summed E-state index contributed by atoms with van der Waals surface area (Å²) in [6, 6.07) is 0. The van der Waals surface area contributed by atoms with Crippen LogP contribution in [0.1, 0.15) is 39.5 Å². The summed E-state index contributed by atoms with van der Waals surface area (Å²) in [5, 5.41) is 8.91. The predicted molar refractivity (Wildman–Crippen MR) is 55.9 cm³/mol. The van der Waals surface area contributed by atoms with Gasteiger partial charge >= 0.3 is 5.97 Å². The number of carboxylic acids is 1. The minimum atomic E-state index is -0.794. The van der Waals surface area contributed by atoms with E-state index in [1.54, 1.807) is 0 Å². The normalized spacial score (nSPS) is 27.7. The summed E-state index contributed by atoms with van der Waals surface area (Å²) in [5.74, 6) is -0.794. The Kier molecular flexibility index (Phi) is 4.54. The lowest BCUT2D eigenvalue weighted by Gasteiger charge is -2.33. The quantitative estimate of drug-likeness (QED) is 0.778. The van der Waals surface area contributed by atoms with Gasteiger partial charge in [0.1, 0.15) is 0 Å². The number of hydrogen-bond donors (Lipinski definition) is 1. The zero-order valence-corrected chi connectivity index (χ0v) is 9.49. The highest BCUT2D eigenvalue weighted by atomic mass is 16.5. The summed E-state index contributed by atoms with van der Waals surface area (Å²) in [4.78, 5) is 10.8. The molecule has 0 saturated carbocycles. The van der Waals surface area contributed by atoms with E-state index in [1.807, 2.05) is 13.8 Å². The highest BCUT2D eigenvalue weighted by Crippen LogP contribution is 2.30. The van der Waals surface area contributed by atoms with Crippen molar-refractivity contribution < 1.29 is 19.4 Å². The van der Waals surface area contributed by atoms with Gasteiger partial charge in [0.2, 0.25) is 0 Å². The minimum Gasteiger partial charge on any atom is -0.481 e. The van der Waals surface area contributed by atoms with Crippen LogP contribution >= 0.6 is 0 Å². The SMILES string of the molecule is CC(C)OC1(CC(=O)O)CCCOCC1. The Balaban J connectivity index is 2.67. The third-order valence-electron chi connectivity index (χ3n) is 2.58. The van der Waals surface area contributed by atoms with Crippen molar-refractivity contribution in [3.8, 4) is 0 Å². The highest BCUT2D eigenvalue weighted by molar-refractivity contribution is 5.68. The molecular weight excluding hydrogens is 196 g/mol. The molecule has 1 rings (SSSR count). The van der Waals surface area contributed by atoms with E-state index in [2.05, 4.69) is 0 Å². The Morgan fingerprint density at radius 1 is 1.47 bits per heavy atom. The van der Waals surface area contributed by atoms with Crippen molar-refractivity contribution in [1.82, 2.24) is 0 Å². The lowest BCUT2D eigenvalue weighted by Crippen LogP contribution is -2.38. The molecule has 1 aliphatic heterocycles. The molecule has 0 aromatic heterocycles. The molecule has 15 heavy (non-hydrogen) atoms. The second-order valence-corrected chi connectivity index (χ2v) is 4.39. The van der Waals surface area contributed by atoms with Gasteiger partial charge < -0.3 is 14.6 Å². The molecule has 1 aliphatic rings. The molecule has 0 radical (unpaired) electrons. The van der Waals surface area contributed by atoms with Crippen molar-refractivity contribution in [3.63, 3.8) is 0 Å². The molecule has 1 fully saturated rings. The van der Waals surface area contributed by atoms with Crippen LogP contribution in [0.3, 0.4) is 0 Å². The molecule has 1 unspecified atom stereocenters. The van der Waals surface area contributed by atoms with E-state index in [1.165, 1.54) is 0 Å². The fourth-order valence-corrected chi connectivity index (χ4v) is 2.09. The molecule has 0 spiro atoms. The van der Waals surface area contributed by atoms with Crippen LogP contribution in [0.15, 0.2) is 0 Å². The fourth-order valence-electron chi connectivity index (χ4n) is 2.09. The molecule has 0 aromatic rings. The highest BCUT2D eigenvalue weighted by Gasteiger charge is 2.35. The number of carboxylic acid groups (broad SMARTS) is 1. The van der Waals surface area contributed by atoms with Gasteiger partial charge in [-0.2, -0.15) is 0 Å². The fraction of sp³-hybridized carbons (Fsp3) is 0.909. The van der Waals surface area contributed by atoms with E-state index >= 15 is 0 Å². The monoisotopic (exact) mass is 216 g/mol. The van der Waals surface area contributed by atoms with Crippen LogP contribution in [0.2, 0.25) is 0 Å². The predicted octanol–water partition coefficient (Wildman–Crippen LogP) is 1.83. The largest absolute Gasteiger partial charge is 0.481 e. The van der Waals surface area contributed by atoms with Crippen molar-refractivity contribution >= 4 is 5.97 Å². The Hall–Kier alpha value is -0.610. The first-order valence-corrected chi connectivity index (χ1v) is 5.51. The zero-order chi connectivity index (χ0) is 11.3. The summed E-state index contributed by atoms with van der Waals surface area (Å²) < 4.78 is 11.1. The first kappa shape index (κ1) is 12.5. The van der Waals surface area contributed by atoms with E-state index in [0.29, 0.717) is 19.6 Å². The third-order valence-corrected chi connectivity index (χ3v) is 2.58. The van der Waals surface area contributed by atoms with Gasteiger partial charge in [0.05, 0.1) is 18.1 Å². The number of hydrogen-bond acceptors (Lipinski definition) is 3. The topological polar surface area (TPSA) is 55.8 Å². The van der Waals surface area contributed by atoms with E-state index in [-0.39, 0.29) is 12.5 Å². The number of carbonyl (C=O) groups is 1. The van der Waals surface area contributed by atoms with Crippen molar-refractivity contribution in [2.45, 2.75) is 51.2 Å². The van der Waals surface area contributed by atoms with E-state index in [0.717, 1.165) is 12.8 Å². The maximum atomic E-state index is 10.8. The van der Waals surface area contributed by atoms with E-state index in [9.17, 15) is 4.79 Å². The van der Waals surface area contributed by atoms with Gasteiger partial charge in [0, 0.05) is 19.6 Å². The summed E-state index contributed by atoms with van der Waals surface area (Å²) in [6.07, 6.45) is 2.46. The van der Waals surface area contributed by atoms with Crippen LogP contribution in [0.5, 0.6) is 0 Å². The van der Waals surface area contributed by atoms with Crippen molar-refractivity contribution in [2.75, 3.05) is 13.2 Å². The molecule has 4 nitrogen and oxygen atoms in total. The van der Waals surface area contributed by atoms with Gasteiger partial charge in [-0.1, -0.05) is 0 Å². The Morgan fingerprint density at radius 2 is 2.20 bits per heavy atom. The van der Waals surface area contributed by atoms with Crippen LogP contribution in [-0.2, 0) is 14.3 Å². The summed E-state index contributed by atoms with van der Waals surface area (Å²) in [7, 11) is 0. The molecule has 1 saturated heterocycles. The van der Waals surface area contributed by atoms with Gasteiger partial charge in [0.15, 0.2) is 0 Å². The Morgan fingerprint density at radius 3 is 2.80 bits per heavy atom. The first-order chi connectivity index (χ1) is 7.04. The first-order valence-electron chi connectivity index (χ1n) is 5.51. The molecule has 0 amide bonds. The van der Waals surface area contributed by atoms with Crippen LogP contribution in [0.4, 0.5) is 0 Å². The maximum absolute atomic E-state index is 10.8. The van der Waals surface area contributed by atoms with Gasteiger partial charge in [-0.25, -0.2) is 0 Å². The average Bonchev–Trinajstić information content (AvgIpc) is 2.27. The van der Waals surface area contributed by atoms with Crippen molar-refractivity contribution in [1.29, 1.82) is 0 Å². The van der Waals surface area contributed by atoms with Crippen LogP contribution < -0.4 is 0 Å². The van der Waals surface area contributed by atoms with E-state index in [4.69, 9.17) is 14.6 Å². The summed E-state index contributed by atoms with van der Waals surface area (Å²) in [5.41, 5.74) is -0.517. The number of ether oxygens (including phenoxy) is 2. The lowest BCUT2D eigenvalue weighted by molar-refractivity contribution is -0.151. The zero-order valence-electron chi connectivity index (χ0n) is 9.49. The Bertz CT molecular complexity index is 205. The minimum absolute atomic E-state index is 0.0578. The van der Waals surface area contributed by atoms with Crippen molar-refractivity contribution in [2.24, 2.45) is 0 Å². The third kappa shape index (κ3) is 4.18. The van der Waals surface area contributed by atoms with Gasteiger partial charge in [-0.15, -0.1) is 0 Å². The summed E-state index contributed by atoms with van der Waals surface area (Å²) >= 11 is 0. The molecule has 0 aliphatic carbocycles. The van der Waals surface area contributed by atoms with Crippen LogP contribution in [-0.4, -0.2) is 36.0 Å². The average molecular weight is 216 g/mol. The molecule has 4 heteroatoms. The molecule has 0 aromatic carbocycles. The smallest absolute Gasteiger partial charge is 0.306 e. The van der Waals surface area contributed by atoms with E-state index < -0.39 is 11.6 Å². The number of rotatable bonds is 4. The standard InChI is InChI=1S/C11H20O4/c1-9(2)15-11(8-10(12)13)4-3-6-14-7-5-11/h9H,3-8H2,1-2H3,(H,12,13). The Labute approximate surface area is 90.6 Å². The van der Waals surface area contributed by atoms with Crippen LogP contribution in [0.25, 0.3) is 0 Å². The maximum Gasteiger partial charge on any atom is 0.306 e. The van der Waals surface area contributed by atoms with Crippen LogP contribution in [0, 0.1) is 0 Å². The summed E-state index contributed by atoms with van der Waals surface area (Å²) in [6.45, 7) is 5.19. The second-order valence-electron chi connectivity index (χ2n) is 4.39. The molecular formula is C11H20O4. The molecule has 0 bridgehead atoms. The lowest BCUT2D eigenvalue weighted by atomic mass is 9.90. The van der Waals surface area contributed by atoms with Gasteiger partial charge in [-0.3, -0.25) is 4.79 Å². The molecule has 1 atom stereocenters. The van der Waals surface area contributed by atoms with Crippen molar-refractivity contribution in [3.05, 3.63) is 0 Å². The molecule has 1 heterocycles. The molecule has 88 valence electrons. The van der Waals surface area contributed by atoms with Gasteiger partial charge in [0.25, 0.3) is 0 Å². The number of aliphatic carboxylic acids is 1. The second kappa shape index (κ2) is 5.47. The molecule has 1 N–H and O–H groups in total. The van der Waals surface area contributed by atoms with Gasteiger partial charge in [-0.05, 0) is 26.7 Å².